The molecule has 2 aromatic rings. The van der Waals surface area contributed by atoms with E-state index in [1.165, 1.54) is 25.3 Å². The van der Waals surface area contributed by atoms with E-state index in [2.05, 4.69) is 10.1 Å². The van der Waals surface area contributed by atoms with Crippen LogP contribution in [0.2, 0.25) is 0 Å². The maximum atomic E-state index is 12.9. The van der Waals surface area contributed by atoms with Crippen molar-refractivity contribution in [2.75, 3.05) is 39.3 Å². The van der Waals surface area contributed by atoms with E-state index in [0.29, 0.717) is 11.3 Å². The first-order valence-corrected chi connectivity index (χ1v) is 10.3. The number of amides is 3. The summed E-state index contributed by atoms with van der Waals surface area (Å²) in [6, 6.07) is 7.46. The van der Waals surface area contributed by atoms with Crippen molar-refractivity contribution in [2.45, 2.75) is 13.5 Å². The van der Waals surface area contributed by atoms with Crippen LogP contribution in [0, 0.1) is 0 Å². The zero-order chi connectivity index (χ0) is 24.8. The topological polar surface area (TPSA) is 128 Å². The van der Waals surface area contributed by atoms with Crippen molar-refractivity contribution in [1.29, 1.82) is 0 Å². The number of hydrogen-bond donors (Lipinski definition) is 1. The van der Waals surface area contributed by atoms with Crippen LogP contribution in [0.5, 0.6) is 5.75 Å². The molecule has 34 heavy (non-hydrogen) atoms. The lowest BCUT2D eigenvalue weighted by molar-refractivity contribution is -0.145. The highest BCUT2D eigenvalue weighted by atomic mass is 16.6. The van der Waals surface area contributed by atoms with Gasteiger partial charge >= 0.3 is 18.0 Å². The van der Waals surface area contributed by atoms with Crippen LogP contribution in [-0.4, -0.2) is 63.2 Å². The number of imide groups is 1. The van der Waals surface area contributed by atoms with Gasteiger partial charge in [-0.2, -0.15) is 0 Å². The third kappa shape index (κ3) is 5.55. The van der Waals surface area contributed by atoms with Crippen molar-refractivity contribution >= 4 is 35.6 Å². The average molecular weight is 471 g/mol. The largest absolute Gasteiger partial charge is 0.481 e. The Morgan fingerprint density at radius 2 is 1.94 bits per heavy atom. The number of nitrogens with zero attached hydrogens (tertiary/aromatic N) is 2. The molecule has 11 heteroatoms. The normalized spacial score (nSPS) is 14.2. The number of rotatable bonds is 9. The summed E-state index contributed by atoms with van der Waals surface area (Å²) >= 11 is 0. The van der Waals surface area contributed by atoms with E-state index < -0.39 is 23.9 Å². The molecule has 0 bridgehead atoms. The second-order valence-corrected chi connectivity index (χ2v) is 7.35. The van der Waals surface area contributed by atoms with Crippen LogP contribution < -0.4 is 15.0 Å². The molecule has 0 atom stereocenters. The minimum Gasteiger partial charge on any atom is -0.481 e. The van der Waals surface area contributed by atoms with E-state index in [0.717, 1.165) is 10.6 Å². The molecule has 1 aliphatic rings. The molecule has 3 amide bonds. The molecule has 1 fully saturated rings. The summed E-state index contributed by atoms with van der Waals surface area (Å²) in [6.07, 6.45) is 1.46. The van der Waals surface area contributed by atoms with Gasteiger partial charge in [0.25, 0.3) is 5.91 Å². The molecule has 0 aliphatic carbocycles. The Morgan fingerprint density at radius 3 is 2.62 bits per heavy atom. The lowest BCUT2D eigenvalue weighted by Crippen LogP contribution is -2.30. The second-order valence-electron chi connectivity index (χ2n) is 7.35. The summed E-state index contributed by atoms with van der Waals surface area (Å²) in [6.45, 7) is 1.43. The lowest BCUT2D eigenvalue weighted by atomic mass is 10.1. The first-order chi connectivity index (χ1) is 16.2. The third-order valence-electron chi connectivity index (χ3n) is 4.79. The Bertz CT molecular complexity index is 1130. The van der Waals surface area contributed by atoms with Crippen molar-refractivity contribution in [3.8, 4) is 5.75 Å². The Kier molecular flexibility index (Phi) is 7.57. The molecule has 0 spiro atoms. The maximum Gasteiger partial charge on any atom is 0.373 e. The number of nitrogens with one attached hydrogen (secondary N) is 1. The van der Waals surface area contributed by atoms with Crippen molar-refractivity contribution in [3.05, 3.63) is 53.1 Å². The Morgan fingerprint density at radius 1 is 1.18 bits per heavy atom. The Balaban J connectivity index is 1.82. The van der Waals surface area contributed by atoms with E-state index in [1.807, 2.05) is 19.0 Å². The predicted molar refractivity (Wildman–Crippen MR) is 120 cm³/mol. The molecule has 1 aliphatic heterocycles. The number of methoxy groups -OCH3 is 1. The van der Waals surface area contributed by atoms with E-state index in [9.17, 15) is 19.2 Å². The maximum absolute atomic E-state index is 12.9. The Labute approximate surface area is 195 Å². The van der Waals surface area contributed by atoms with Gasteiger partial charge in [0.1, 0.15) is 17.2 Å². The highest BCUT2D eigenvalue weighted by Crippen LogP contribution is 2.28. The van der Waals surface area contributed by atoms with Gasteiger partial charge in [0.15, 0.2) is 6.61 Å². The molecule has 1 N–H and O–H groups in total. The first kappa shape index (κ1) is 24.4. The summed E-state index contributed by atoms with van der Waals surface area (Å²) in [7, 11) is 4.91. The number of carbonyl (C=O) groups is 4. The molecule has 1 aromatic carbocycles. The van der Waals surface area contributed by atoms with Gasteiger partial charge in [0, 0.05) is 31.4 Å². The van der Waals surface area contributed by atoms with E-state index in [4.69, 9.17) is 13.9 Å². The van der Waals surface area contributed by atoms with Crippen molar-refractivity contribution < 1.29 is 37.8 Å². The quantitative estimate of drug-likeness (QED) is 0.332. The first-order valence-electron chi connectivity index (χ1n) is 10.3. The van der Waals surface area contributed by atoms with Gasteiger partial charge < -0.3 is 28.8 Å². The van der Waals surface area contributed by atoms with Crippen LogP contribution in [-0.2, 0) is 25.6 Å². The smallest absolute Gasteiger partial charge is 0.373 e. The summed E-state index contributed by atoms with van der Waals surface area (Å²) in [5, 5.41) is 2.52. The van der Waals surface area contributed by atoms with Crippen LogP contribution in [0.3, 0.4) is 0 Å². The standard InChI is InChI=1S/C23H25N3O8/c1-5-32-20(27)13-33-19-11-15(25(2)3)7-6-14(19)10-17-21(28)26(23(30)24-17)12-16-8-9-18(34-16)22(29)31-4/h6-11H,5,12-13H2,1-4H3,(H,24,30). The summed E-state index contributed by atoms with van der Waals surface area (Å²) in [5.41, 5.74) is 1.30. The number of urea groups is 1. The van der Waals surface area contributed by atoms with Crippen LogP contribution >= 0.6 is 0 Å². The molecule has 180 valence electrons. The predicted octanol–water partition coefficient (Wildman–Crippen LogP) is 2.17. The van der Waals surface area contributed by atoms with Gasteiger partial charge in [-0.05, 0) is 37.3 Å². The van der Waals surface area contributed by atoms with Crippen molar-refractivity contribution in [3.63, 3.8) is 0 Å². The van der Waals surface area contributed by atoms with Gasteiger partial charge in [-0.3, -0.25) is 9.69 Å². The van der Waals surface area contributed by atoms with Gasteiger partial charge in [-0.15, -0.1) is 0 Å². The summed E-state index contributed by atoms with van der Waals surface area (Å²) in [4.78, 5) is 51.4. The molecule has 1 saturated heterocycles. The van der Waals surface area contributed by atoms with Gasteiger partial charge in [0.05, 0.1) is 20.3 Å². The van der Waals surface area contributed by atoms with Gasteiger partial charge in [-0.1, -0.05) is 0 Å². The summed E-state index contributed by atoms with van der Waals surface area (Å²) < 4.78 is 20.4. The number of esters is 2. The molecular formula is C23H25N3O8. The Hall–Kier alpha value is -4.28. The third-order valence-corrected chi connectivity index (χ3v) is 4.79. The number of hydrogen-bond acceptors (Lipinski definition) is 9. The van der Waals surface area contributed by atoms with E-state index in [1.54, 1.807) is 25.1 Å². The monoisotopic (exact) mass is 471 g/mol. The van der Waals surface area contributed by atoms with Crippen LogP contribution in [0.1, 0.15) is 28.8 Å². The number of benzene rings is 1. The fourth-order valence-corrected chi connectivity index (χ4v) is 3.08. The zero-order valence-corrected chi connectivity index (χ0v) is 19.2. The average Bonchev–Trinajstić information content (AvgIpc) is 3.38. The minimum absolute atomic E-state index is 0.0170. The molecule has 11 nitrogen and oxygen atoms in total. The molecule has 0 unspecified atom stereocenters. The fourth-order valence-electron chi connectivity index (χ4n) is 3.08. The number of carbonyl (C=O) groups excluding carboxylic acids is 4. The zero-order valence-electron chi connectivity index (χ0n) is 19.2. The van der Waals surface area contributed by atoms with E-state index >= 15 is 0 Å². The summed E-state index contributed by atoms with van der Waals surface area (Å²) in [5.74, 6) is -1.25. The molecular weight excluding hydrogens is 446 g/mol. The van der Waals surface area contributed by atoms with Crippen molar-refractivity contribution in [2.24, 2.45) is 0 Å². The van der Waals surface area contributed by atoms with Gasteiger partial charge in [-0.25, -0.2) is 14.4 Å². The lowest BCUT2D eigenvalue weighted by Gasteiger charge is -2.16. The van der Waals surface area contributed by atoms with Crippen LogP contribution in [0.25, 0.3) is 6.08 Å². The fraction of sp³-hybridized carbons (Fsp3) is 0.304. The van der Waals surface area contributed by atoms with Gasteiger partial charge in [0.2, 0.25) is 5.76 Å². The molecule has 0 saturated carbocycles. The number of furan rings is 1. The SMILES string of the molecule is CCOC(=O)COc1cc(N(C)C)ccc1C=C1NC(=O)N(Cc2ccc(C(=O)OC)o2)C1=O. The highest BCUT2D eigenvalue weighted by Gasteiger charge is 2.34. The van der Waals surface area contributed by atoms with Crippen LogP contribution in [0.15, 0.2) is 40.4 Å². The molecule has 0 radical (unpaired) electrons. The van der Waals surface area contributed by atoms with E-state index in [-0.39, 0.29) is 37.0 Å². The van der Waals surface area contributed by atoms with Crippen molar-refractivity contribution in [1.82, 2.24) is 10.2 Å². The van der Waals surface area contributed by atoms with Crippen LogP contribution in [0.4, 0.5) is 10.5 Å². The molecule has 2 heterocycles. The highest BCUT2D eigenvalue weighted by molar-refractivity contribution is 6.14. The molecule has 1 aromatic heterocycles. The number of anilines is 1. The minimum atomic E-state index is -0.666. The second kappa shape index (κ2) is 10.6. The number of ether oxygens (including phenoxy) is 3. The molecule has 3 rings (SSSR count).